The molecule has 1 unspecified atom stereocenters. The average molecular weight is 233 g/mol. The van der Waals surface area contributed by atoms with Crippen molar-refractivity contribution in [1.82, 2.24) is 0 Å². The Labute approximate surface area is 89.6 Å². The van der Waals surface area contributed by atoms with Crippen molar-refractivity contribution in [3.8, 4) is 0 Å². The molecule has 0 saturated carbocycles. The number of rotatable bonds is 2. The van der Waals surface area contributed by atoms with Crippen LogP contribution in [0.4, 0.5) is 13.2 Å². The second-order valence-corrected chi connectivity index (χ2v) is 4.72. The van der Waals surface area contributed by atoms with Gasteiger partial charge in [0.2, 0.25) is 0 Å². The van der Waals surface area contributed by atoms with Gasteiger partial charge in [-0.1, -0.05) is 11.8 Å². The van der Waals surface area contributed by atoms with Gasteiger partial charge in [-0.25, -0.2) is 13.2 Å². The summed E-state index contributed by atoms with van der Waals surface area (Å²) >= 11 is 0.848. The molecule has 0 aromatic heterocycles. The number of benzene rings is 1. The third kappa shape index (κ3) is 1.86. The summed E-state index contributed by atoms with van der Waals surface area (Å²) in [6, 6.07) is 2.38. The second kappa shape index (κ2) is 3.72. The highest BCUT2D eigenvalue weighted by Gasteiger charge is 2.40. The van der Waals surface area contributed by atoms with Gasteiger partial charge < -0.3 is 4.74 Å². The Morgan fingerprint density at radius 1 is 1.47 bits per heavy atom. The number of thioether (sulfide) groups is 1. The molecule has 0 amide bonds. The van der Waals surface area contributed by atoms with Crippen LogP contribution < -0.4 is 0 Å². The van der Waals surface area contributed by atoms with Crippen LogP contribution in [0.25, 0.3) is 0 Å². The van der Waals surface area contributed by atoms with Crippen molar-refractivity contribution in [2.75, 3.05) is 6.61 Å². The van der Waals surface area contributed by atoms with Crippen LogP contribution in [0.3, 0.4) is 0 Å². The standard InChI is InChI=1S/C10H8F3OS/c1-14-5-10(13)4-6-8(15-10)3-2-7(11)9(6)12/h2-3H,1,4-5H2. The average Bonchev–Trinajstić information content (AvgIpc) is 2.50. The first-order chi connectivity index (χ1) is 7.06. The van der Waals surface area contributed by atoms with Gasteiger partial charge in [-0.2, -0.15) is 0 Å². The number of ether oxygens (including phenoxy) is 1. The quantitative estimate of drug-likeness (QED) is 0.776. The molecule has 15 heavy (non-hydrogen) atoms. The van der Waals surface area contributed by atoms with Crippen LogP contribution in [0.15, 0.2) is 17.0 Å². The van der Waals surface area contributed by atoms with Gasteiger partial charge in [0.05, 0.1) is 13.7 Å². The molecule has 0 N–H and O–H groups in total. The van der Waals surface area contributed by atoms with Gasteiger partial charge in [0.1, 0.15) is 0 Å². The molecule has 1 heterocycles. The molecule has 1 aromatic rings. The monoisotopic (exact) mass is 233 g/mol. The van der Waals surface area contributed by atoms with Crippen LogP contribution in [-0.4, -0.2) is 11.6 Å². The fourth-order valence-corrected chi connectivity index (χ4v) is 2.74. The molecule has 0 bridgehead atoms. The topological polar surface area (TPSA) is 9.23 Å². The molecule has 0 spiro atoms. The van der Waals surface area contributed by atoms with Crippen LogP contribution in [0.2, 0.25) is 0 Å². The van der Waals surface area contributed by atoms with Gasteiger partial charge in [-0.05, 0) is 12.1 Å². The Bertz CT molecular complexity index is 396. The molecule has 5 heteroatoms. The van der Waals surface area contributed by atoms with Crippen LogP contribution >= 0.6 is 11.8 Å². The molecule has 1 aliphatic heterocycles. The fraction of sp³-hybridized carbons (Fsp3) is 0.300. The molecule has 1 radical (unpaired) electrons. The van der Waals surface area contributed by atoms with Crippen molar-refractivity contribution < 1.29 is 17.9 Å². The lowest BCUT2D eigenvalue weighted by atomic mass is 10.1. The van der Waals surface area contributed by atoms with Crippen molar-refractivity contribution in [2.45, 2.75) is 16.3 Å². The van der Waals surface area contributed by atoms with E-state index in [-0.39, 0.29) is 18.6 Å². The number of alkyl halides is 1. The van der Waals surface area contributed by atoms with Crippen LogP contribution in [0.5, 0.6) is 0 Å². The second-order valence-electron chi connectivity index (χ2n) is 3.35. The van der Waals surface area contributed by atoms with Crippen molar-refractivity contribution in [2.24, 2.45) is 0 Å². The Hall–Kier alpha value is -0.680. The van der Waals surface area contributed by atoms with Crippen molar-refractivity contribution in [1.29, 1.82) is 0 Å². The predicted molar refractivity (Wildman–Crippen MR) is 51.1 cm³/mol. The number of fused-ring (bicyclic) bond motifs is 1. The summed E-state index contributed by atoms with van der Waals surface area (Å²) in [6.07, 6.45) is -0.188. The molecule has 2 rings (SSSR count). The van der Waals surface area contributed by atoms with Crippen molar-refractivity contribution in [3.63, 3.8) is 0 Å². The summed E-state index contributed by atoms with van der Waals surface area (Å²) in [6.45, 7) is -0.243. The Balaban J connectivity index is 2.35. The maximum absolute atomic E-state index is 13.9. The van der Waals surface area contributed by atoms with Crippen LogP contribution in [0.1, 0.15) is 5.56 Å². The molecular formula is C10H8F3OS. The van der Waals surface area contributed by atoms with Crippen molar-refractivity contribution in [3.05, 3.63) is 36.4 Å². The Morgan fingerprint density at radius 3 is 2.87 bits per heavy atom. The minimum atomic E-state index is -1.74. The van der Waals surface area contributed by atoms with Crippen LogP contribution in [-0.2, 0) is 11.2 Å². The van der Waals surface area contributed by atoms with E-state index in [1.165, 1.54) is 6.07 Å². The maximum Gasteiger partial charge on any atom is 0.187 e. The summed E-state index contributed by atoms with van der Waals surface area (Å²) in [5.41, 5.74) is 0.0829. The normalized spacial score (nSPS) is 24.3. The summed E-state index contributed by atoms with van der Waals surface area (Å²) in [5.74, 6) is -1.92. The van der Waals surface area contributed by atoms with E-state index in [2.05, 4.69) is 11.8 Å². The number of halogens is 3. The van der Waals surface area contributed by atoms with E-state index in [0.29, 0.717) is 4.90 Å². The molecular weight excluding hydrogens is 225 g/mol. The zero-order valence-corrected chi connectivity index (χ0v) is 8.54. The van der Waals surface area contributed by atoms with E-state index in [1.807, 2.05) is 0 Å². The molecule has 0 aliphatic carbocycles. The first-order valence-corrected chi connectivity index (χ1v) is 5.09. The van der Waals surface area contributed by atoms with Crippen LogP contribution in [0, 0.1) is 18.7 Å². The minimum Gasteiger partial charge on any atom is -0.375 e. The molecule has 1 aliphatic rings. The zero-order chi connectivity index (χ0) is 11.1. The third-order valence-corrected chi connectivity index (χ3v) is 3.43. The number of hydrogen-bond acceptors (Lipinski definition) is 2. The van der Waals surface area contributed by atoms with E-state index in [1.54, 1.807) is 0 Å². The molecule has 81 valence electrons. The van der Waals surface area contributed by atoms with E-state index in [9.17, 15) is 13.2 Å². The van der Waals surface area contributed by atoms with E-state index in [0.717, 1.165) is 17.8 Å². The van der Waals surface area contributed by atoms with Gasteiger partial charge in [-0.3, -0.25) is 0 Å². The van der Waals surface area contributed by atoms with E-state index < -0.39 is 16.6 Å². The highest BCUT2D eigenvalue weighted by Crippen LogP contribution is 2.47. The van der Waals surface area contributed by atoms with Gasteiger partial charge in [-0.15, -0.1) is 0 Å². The first kappa shape index (κ1) is 10.8. The summed E-state index contributed by atoms with van der Waals surface area (Å²) < 4.78 is 44.5. The lowest BCUT2D eigenvalue weighted by Gasteiger charge is -2.15. The minimum absolute atomic E-state index is 0.0829. The Kier molecular flexibility index (Phi) is 2.68. The lowest BCUT2D eigenvalue weighted by Crippen LogP contribution is -2.23. The largest absolute Gasteiger partial charge is 0.375 e. The highest BCUT2D eigenvalue weighted by atomic mass is 32.2. The Morgan fingerprint density at radius 2 is 2.20 bits per heavy atom. The summed E-state index contributed by atoms with van der Waals surface area (Å²) in [4.78, 5) is 0.424. The molecule has 1 aromatic carbocycles. The van der Waals surface area contributed by atoms with E-state index in [4.69, 9.17) is 0 Å². The van der Waals surface area contributed by atoms with Gasteiger partial charge >= 0.3 is 0 Å². The molecule has 0 fully saturated rings. The molecule has 1 nitrogen and oxygen atoms in total. The van der Waals surface area contributed by atoms with E-state index >= 15 is 0 Å². The smallest absolute Gasteiger partial charge is 0.187 e. The molecule has 1 atom stereocenters. The SMILES string of the molecule is [CH2]OCC1(F)Cc2c(ccc(F)c2F)S1. The number of hydrogen-bond donors (Lipinski definition) is 0. The summed E-state index contributed by atoms with van der Waals surface area (Å²) in [5, 5.41) is -1.74. The maximum atomic E-state index is 13.9. The summed E-state index contributed by atoms with van der Waals surface area (Å²) in [7, 11) is 3.08. The van der Waals surface area contributed by atoms with Gasteiger partial charge in [0.25, 0.3) is 0 Å². The van der Waals surface area contributed by atoms with Gasteiger partial charge in [0, 0.05) is 16.9 Å². The third-order valence-electron chi connectivity index (χ3n) is 2.20. The fourth-order valence-electron chi connectivity index (χ4n) is 1.57. The first-order valence-electron chi connectivity index (χ1n) is 4.27. The van der Waals surface area contributed by atoms with Crippen molar-refractivity contribution >= 4 is 11.8 Å². The molecule has 0 saturated heterocycles. The highest BCUT2D eigenvalue weighted by molar-refractivity contribution is 8.00. The zero-order valence-electron chi connectivity index (χ0n) is 7.73. The predicted octanol–water partition coefficient (Wildman–Crippen LogP) is 3.09. The van der Waals surface area contributed by atoms with Gasteiger partial charge in [0.15, 0.2) is 16.6 Å². The lowest BCUT2D eigenvalue weighted by molar-refractivity contribution is 0.130.